The van der Waals surface area contributed by atoms with E-state index in [1.165, 1.54) is 4.90 Å². The highest BCUT2D eigenvalue weighted by Crippen LogP contribution is 2.39. The van der Waals surface area contributed by atoms with E-state index >= 15 is 0 Å². The highest BCUT2D eigenvalue weighted by atomic mass is 79.9. The lowest BCUT2D eigenvalue weighted by atomic mass is 9.88. The first-order valence-corrected chi connectivity index (χ1v) is 6.17. The van der Waals surface area contributed by atoms with Gasteiger partial charge in [-0.05, 0) is 6.07 Å². The molecule has 0 saturated carbocycles. The van der Waals surface area contributed by atoms with Crippen LogP contribution in [-0.4, -0.2) is 29.8 Å². The van der Waals surface area contributed by atoms with Crippen LogP contribution < -0.4 is 0 Å². The second kappa shape index (κ2) is 4.34. The molecule has 1 amide bonds. The van der Waals surface area contributed by atoms with E-state index in [1.807, 2.05) is 6.07 Å². The molecule has 16 heavy (non-hydrogen) atoms. The number of carbonyl (C=O) groups excluding carboxylic acids is 1. The Bertz CT molecular complexity index is 420. The molecule has 1 heterocycles. The highest BCUT2D eigenvalue weighted by Gasteiger charge is 2.47. The molecule has 86 valence electrons. The van der Waals surface area contributed by atoms with E-state index in [9.17, 15) is 9.18 Å². The van der Waals surface area contributed by atoms with Crippen LogP contribution in [0.3, 0.4) is 0 Å². The maximum atomic E-state index is 14.4. The number of rotatable bonds is 2. The molecule has 1 aromatic carbocycles. The Morgan fingerprint density at radius 1 is 1.50 bits per heavy atom. The summed E-state index contributed by atoms with van der Waals surface area (Å²) in [4.78, 5) is 12.6. The van der Waals surface area contributed by atoms with Crippen molar-refractivity contribution >= 4 is 33.4 Å². The molecule has 0 unspecified atom stereocenters. The van der Waals surface area contributed by atoms with E-state index in [0.717, 1.165) is 4.47 Å². The molecule has 2 rings (SSSR count). The second-order valence-corrected chi connectivity index (χ2v) is 4.95. The van der Waals surface area contributed by atoms with Crippen molar-refractivity contribution in [3.63, 3.8) is 0 Å². The van der Waals surface area contributed by atoms with Gasteiger partial charge in [0, 0.05) is 10.0 Å². The van der Waals surface area contributed by atoms with Crippen LogP contribution in [0.4, 0.5) is 4.39 Å². The number of carbonyl (C=O) groups is 1. The van der Waals surface area contributed by atoms with Gasteiger partial charge in [-0.2, -0.15) is 0 Å². The van der Waals surface area contributed by atoms with Crippen molar-refractivity contribution in [2.24, 2.45) is 0 Å². The molecule has 2 nitrogen and oxygen atoms in total. The van der Waals surface area contributed by atoms with Crippen LogP contribution in [0.5, 0.6) is 0 Å². The summed E-state index contributed by atoms with van der Waals surface area (Å²) in [6.45, 7) is 0.169. The third kappa shape index (κ3) is 1.96. The van der Waals surface area contributed by atoms with E-state index in [2.05, 4.69) is 15.9 Å². The lowest BCUT2D eigenvalue weighted by Crippen LogP contribution is -2.59. The van der Waals surface area contributed by atoms with Gasteiger partial charge in [0.05, 0.1) is 13.1 Å². The molecule has 1 aromatic rings. The minimum absolute atomic E-state index is 0.0845. The summed E-state index contributed by atoms with van der Waals surface area (Å²) >= 11 is 8.72. The third-order valence-electron chi connectivity index (χ3n) is 2.71. The molecular weight excluding hydrogens is 296 g/mol. The average molecular weight is 307 g/mol. The summed E-state index contributed by atoms with van der Waals surface area (Å²) in [6, 6.07) is 7.14. The maximum absolute atomic E-state index is 14.4. The van der Waals surface area contributed by atoms with Crippen LogP contribution in [0.15, 0.2) is 28.7 Å². The fraction of sp³-hybridized carbons (Fsp3) is 0.364. The molecule has 0 spiro atoms. The van der Waals surface area contributed by atoms with Gasteiger partial charge in [-0.15, -0.1) is 11.6 Å². The first-order valence-electron chi connectivity index (χ1n) is 4.84. The average Bonchev–Trinajstić information content (AvgIpc) is 2.24. The van der Waals surface area contributed by atoms with Crippen molar-refractivity contribution in [1.82, 2.24) is 4.90 Å². The zero-order valence-electron chi connectivity index (χ0n) is 8.42. The van der Waals surface area contributed by atoms with Crippen LogP contribution >= 0.6 is 27.5 Å². The van der Waals surface area contributed by atoms with Crippen molar-refractivity contribution in [3.8, 4) is 0 Å². The van der Waals surface area contributed by atoms with Crippen molar-refractivity contribution < 1.29 is 9.18 Å². The van der Waals surface area contributed by atoms with Gasteiger partial charge in [-0.3, -0.25) is 4.79 Å². The van der Waals surface area contributed by atoms with Gasteiger partial charge in [0.25, 0.3) is 0 Å². The quantitative estimate of drug-likeness (QED) is 0.769. The number of nitrogens with zero attached hydrogens (tertiary/aromatic N) is 1. The molecule has 0 radical (unpaired) electrons. The number of halogens is 3. The minimum atomic E-state index is -1.44. The third-order valence-corrected chi connectivity index (χ3v) is 3.63. The normalized spacial score (nSPS) is 18.1. The zero-order chi connectivity index (χ0) is 11.8. The minimum Gasteiger partial charge on any atom is -0.334 e. The van der Waals surface area contributed by atoms with Crippen LogP contribution in [0.25, 0.3) is 0 Å². The molecule has 0 bridgehead atoms. The SMILES string of the molecule is O=C(CCl)N1CC(F)(c2ccccc2Br)C1. The molecule has 1 saturated heterocycles. The summed E-state index contributed by atoms with van der Waals surface area (Å²) in [5.74, 6) is -0.312. The fourth-order valence-electron chi connectivity index (χ4n) is 1.81. The van der Waals surface area contributed by atoms with E-state index < -0.39 is 5.67 Å². The fourth-order valence-corrected chi connectivity index (χ4v) is 2.62. The standard InChI is InChI=1S/C11H10BrClFNO/c12-9-4-2-1-3-8(9)11(14)6-15(7-11)10(16)5-13/h1-4H,5-7H2. The van der Waals surface area contributed by atoms with E-state index in [4.69, 9.17) is 11.6 Å². The topological polar surface area (TPSA) is 20.3 Å². The Labute approximate surface area is 107 Å². The van der Waals surface area contributed by atoms with Gasteiger partial charge in [0.15, 0.2) is 5.67 Å². The number of hydrogen-bond acceptors (Lipinski definition) is 1. The van der Waals surface area contributed by atoms with Crippen LogP contribution in [0.1, 0.15) is 5.56 Å². The molecule has 0 atom stereocenters. The van der Waals surface area contributed by atoms with E-state index in [1.54, 1.807) is 18.2 Å². The Balaban J connectivity index is 2.14. The van der Waals surface area contributed by atoms with Gasteiger partial charge < -0.3 is 4.90 Å². The predicted molar refractivity (Wildman–Crippen MR) is 64.2 cm³/mol. The molecule has 1 aliphatic heterocycles. The summed E-state index contributed by atoms with van der Waals surface area (Å²) in [6.07, 6.45) is 0. The van der Waals surface area contributed by atoms with E-state index in [0.29, 0.717) is 5.56 Å². The Morgan fingerprint density at radius 3 is 2.69 bits per heavy atom. The molecule has 5 heteroatoms. The molecule has 0 aliphatic carbocycles. The van der Waals surface area contributed by atoms with Crippen LogP contribution in [0, 0.1) is 0 Å². The van der Waals surface area contributed by atoms with E-state index in [-0.39, 0.29) is 24.9 Å². The van der Waals surface area contributed by atoms with Crippen molar-refractivity contribution in [1.29, 1.82) is 0 Å². The lowest BCUT2D eigenvalue weighted by Gasteiger charge is -2.44. The number of benzene rings is 1. The molecule has 0 N–H and O–H groups in total. The monoisotopic (exact) mass is 305 g/mol. The van der Waals surface area contributed by atoms with Crippen molar-refractivity contribution in [2.45, 2.75) is 5.67 Å². The molecule has 1 aliphatic rings. The zero-order valence-corrected chi connectivity index (χ0v) is 10.8. The summed E-state index contributed by atoms with van der Waals surface area (Å²) < 4.78 is 15.1. The maximum Gasteiger partial charge on any atom is 0.237 e. The van der Waals surface area contributed by atoms with Gasteiger partial charge in [-0.1, -0.05) is 34.1 Å². The largest absolute Gasteiger partial charge is 0.334 e. The number of alkyl halides is 2. The highest BCUT2D eigenvalue weighted by molar-refractivity contribution is 9.10. The number of hydrogen-bond donors (Lipinski definition) is 0. The predicted octanol–water partition coefficient (Wildman–Crippen LogP) is 2.69. The van der Waals surface area contributed by atoms with Crippen LogP contribution in [-0.2, 0) is 10.5 Å². The first-order chi connectivity index (χ1) is 7.57. The Hall–Kier alpha value is -0.610. The summed E-state index contributed by atoms with van der Waals surface area (Å²) in [5, 5.41) is 0. The van der Waals surface area contributed by atoms with Gasteiger partial charge in [0.2, 0.25) is 5.91 Å². The number of amides is 1. The molecular formula is C11H10BrClFNO. The van der Waals surface area contributed by atoms with Gasteiger partial charge in [-0.25, -0.2) is 4.39 Å². The summed E-state index contributed by atoms with van der Waals surface area (Å²) in [7, 11) is 0. The van der Waals surface area contributed by atoms with Gasteiger partial charge >= 0.3 is 0 Å². The smallest absolute Gasteiger partial charge is 0.237 e. The molecule has 0 aromatic heterocycles. The number of likely N-dealkylation sites (tertiary alicyclic amines) is 1. The van der Waals surface area contributed by atoms with Gasteiger partial charge in [0.1, 0.15) is 5.88 Å². The van der Waals surface area contributed by atoms with Crippen LogP contribution in [0.2, 0.25) is 0 Å². The Morgan fingerprint density at radius 2 is 2.12 bits per heavy atom. The van der Waals surface area contributed by atoms with Crippen molar-refractivity contribution in [3.05, 3.63) is 34.3 Å². The Kier molecular flexibility index (Phi) is 3.22. The lowest BCUT2D eigenvalue weighted by molar-refractivity contribution is -0.143. The van der Waals surface area contributed by atoms with Crippen molar-refractivity contribution in [2.75, 3.05) is 19.0 Å². The second-order valence-electron chi connectivity index (χ2n) is 3.83. The summed E-state index contributed by atoms with van der Waals surface area (Å²) in [5.41, 5.74) is -0.851. The first kappa shape index (κ1) is 11.9. The molecule has 1 fully saturated rings.